The van der Waals surface area contributed by atoms with Crippen LogP contribution in [0.2, 0.25) is 0 Å². The molecule has 1 aliphatic heterocycles. The maximum Gasteiger partial charge on any atom is 0.254 e. The SMILES string of the molecule is COc1c(O[C@H]2CC[C@H](N(C)C)CC2)c(C)c2c(c1-c1ccoc1)CCN(Cc1c(C)cc(C)[nH]c1=O)C2=O. The summed E-state index contributed by atoms with van der Waals surface area (Å²) in [5.74, 6) is 1.18. The summed E-state index contributed by atoms with van der Waals surface area (Å²) in [7, 11) is 5.91. The number of pyridine rings is 1. The second kappa shape index (κ2) is 10.9. The normalized spacial score (nSPS) is 19.4. The third kappa shape index (κ3) is 5.10. The van der Waals surface area contributed by atoms with Crippen LogP contribution in [0.3, 0.4) is 0 Å². The highest BCUT2D eigenvalue weighted by Crippen LogP contribution is 2.48. The molecule has 1 N–H and O–H groups in total. The molecule has 0 radical (unpaired) electrons. The molecule has 3 aromatic rings. The molecule has 0 spiro atoms. The van der Waals surface area contributed by atoms with Crippen molar-refractivity contribution in [3.8, 4) is 22.6 Å². The second-order valence-corrected chi connectivity index (χ2v) is 11.2. The van der Waals surface area contributed by atoms with Crippen LogP contribution in [-0.4, -0.2) is 60.6 Å². The zero-order chi connectivity index (χ0) is 27.8. The molecule has 1 aliphatic carbocycles. The highest BCUT2D eigenvalue weighted by atomic mass is 16.5. The lowest BCUT2D eigenvalue weighted by molar-refractivity contribution is 0.0722. The molecule has 0 unspecified atom stereocenters. The predicted molar refractivity (Wildman–Crippen MR) is 151 cm³/mol. The lowest BCUT2D eigenvalue weighted by Gasteiger charge is -2.35. The van der Waals surface area contributed by atoms with E-state index in [0.717, 1.165) is 59.2 Å². The van der Waals surface area contributed by atoms with Crippen LogP contribution >= 0.6 is 0 Å². The minimum Gasteiger partial charge on any atom is -0.492 e. The molecular weight excluding hydrogens is 494 g/mol. The third-order valence-electron chi connectivity index (χ3n) is 8.40. The number of aryl methyl sites for hydroxylation is 2. The first kappa shape index (κ1) is 27.1. The maximum atomic E-state index is 14.1. The highest BCUT2D eigenvalue weighted by molar-refractivity contribution is 6.02. The van der Waals surface area contributed by atoms with E-state index < -0.39 is 0 Å². The van der Waals surface area contributed by atoms with Crippen LogP contribution in [0, 0.1) is 20.8 Å². The molecule has 1 saturated carbocycles. The number of fused-ring (bicyclic) bond motifs is 1. The molecule has 39 heavy (non-hydrogen) atoms. The van der Waals surface area contributed by atoms with Gasteiger partial charge in [-0.05, 0) is 90.2 Å². The Kier molecular flexibility index (Phi) is 7.58. The molecule has 8 nitrogen and oxygen atoms in total. The van der Waals surface area contributed by atoms with E-state index in [1.54, 1.807) is 24.5 Å². The average molecular weight is 534 g/mol. The van der Waals surface area contributed by atoms with Crippen LogP contribution < -0.4 is 15.0 Å². The number of rotatable bonds is 7. The molecule has 2 aromatic heterocycles. The summed E-state index contributed by atoms with van der Waals surface area (Å²) in [6, 6.07) is 4.40. The zero-order valence-electron chi connectivity index (χ0n) is 23.8. The topological polar surface area (TPSA) is 88.0 Å². The Morgan fingerprint density at radius 2 is 1.82 bits per heavy atom. The summed E-state index contributed by atoms with van der Waals surface area (Å²) in [4.78, 5) is 33.8. The number of methoxy groups -OCH3 is 1. The first-order chi connectivity index (χ1) is 18.7. The number of hydrogen-bond donors (Lipinski definition) is 1. The van der Waals surface area contributed by atoms with Crippen LogP contribution in [0.15, 0.2) is 33.9 Å². The van der Waals surface area contributed by atoms with Gasteiger partial charge >= 0.3 is 0 Å². The van der Waals surface area contributed by atoms with E-state index in [9.17, 15) is 9.59 Å². The number of amides is 1. The molecule has 1 fully saturated rings. The van der Waals surface area contributed by atoms with E-state index >= 15 is 0 Å². The number of benzene rings is 1. The Morgan fingerprint density at radius 1 is 1.08 bits per heavy atom. The van der Waals surface area contributed by atoms with E-state index in [2.05, 4.69) is 24.0 Å². The monoisotopic (exact) mass is 533 g/mol. The largest absolute Gasteiger partial charge is 0.492 e. The van der Waals surface area contributed by atoms with Crippen LogP contribution in [-0.2, 0) is 13.0 Å². The van der Waals surface area contributed by atoms with Gasteiger partial charge in [0.25, 0.3) is 11.5 Å². The van der Waals surface area contributed by atoms with Gasteiger partial charge in [0.2, 0.25) is 0 Å². The minimum atomic E-state index is -0.144. The smallest absolute Gasteiger partial charge is 0.254 e. The second-order valence-electron chi connectivity index (χ2n) is 11.2. The van der Waals surface area contributed by atoms with E-state index in [4.69, 9.17) is 13.9 Å². The molecule has 8 heteroatoms. The highest BCUT2D eigenvalue weighted by Gasteiger charge is 2.35. The minimum absolute atomic E-state index is 0.0487. The maximum absolute atomic E-state index is 14.1. The zero-order valence-corrected chi connectivity index (χ0v) is 23.8. The summed E-state index contributed by atoms with van der Waals surface area (Å²) in [6.45, 7) is 6.50. The van der Waals surface area contributed by atoms with E-state index in [1.165, 1.54) is 0 Å². The van der Waals surface area contributed by atoms with Crippen LogP contribution in [0.4, 0.5) is 0 Å². The van der Waals surface area contributed by atoms with Crippen molar-refractivity contribution in [2.24, 2.45) is 0 Å². The van der Waals surface area contributed by atoms with Crippen molar-refractivity contribution in [2.75, 3.05) is 27.7 Å². The standard InChI is InChI=1S/C31H39N3O5/c1-18-15-19(2)32-30(35)25(18)16-34-13-11-24-26(31(34)36)20(3)28(29(37-6)27(24)21-12-14-38-17-21)39-23-9-7-22(8-10-23)33(4)5/h12,14-15,17,22-23H,7-11,13,16H2,1-6H3,(H,32,35)/t22-,23-. The average Bonchev–Trinajstić information content (AvgIpc) is 3.43. The summed E-state index contributed by atoms with van der Waals surface area (Å²) in [5, 5.41) is 0. The van der Waals surface area contributed by atoms with Crippen molar-refractivity contribution in [3.63, 3.8) is 0 Å². The fourth-order valence-electron chi connectivity index (χ4n) is 6.25. The van der Waals surface area contributed by atoms with Crippen molar-refractivity contribution in [2.45, 2.75) is 71.6 Å². The van der Waals surface area contributed by atoms with E-state index in [-0.39, 0.29) is 24.1 Å². The molecule has 1 amide bonds. The van der Waals surface area contributed by atoms with Crippen molar-refractivity contribution >= 4 is 5.91 Å². The van der Waals surface area contributed by atoms with Gasteiger partial charge in [-0.15, -0.1) is 0 Å². The van der Waals surface area contributed by atoms with Gasteiger partial charge in [-0.3, -0.25) is 9.59 Å². The van der Waals surface area contributed by atoms with Gasteiger partial charge in [-0.2, -0.15) is 0 Å². The van der Waals surface area contributed by atoms with Gasteiger partial charge in [0.1, 0.15) is 0 Å². The number of hydrogen-bond acceptors (Lipinski definition) is 6. The molecule has 1 aromatic carbocycles. The predicted octanol–water partition coefficient (Wildman–Crippen LogP) is 5.02. The Morgan fingerprint density at radius 3 is 2.44 bits per heavy atom. The molecule has 3 heterocycles. The van der Waals surface area contributed by atoms with Gasteiger partial charge in [0.15, 0.2) is 11.5 Å². The summed E-state index contributed by atoms with van der Waals surface area (Å²) in [6.07, 6.45) is 8.02. The molecule has 0 atom stereocenters. The van der Waals surface area contributed by atoms with Crippen molar-refractivity contribution < 1.29 is 18.7 Å². The summed E-state index contributed by atoms with van der Waals surface area (Å²) < 4.78 is 18.1. The first-order valence-corrected chi connectivity index (χ1v) is 13.8. The number of nitrogens with one attached hydrogen (secondary N) is 1. The molecular formula is C31H39N3O5. The van der Waals surface area contributed by atoms with Crippen molar-refractivity contribution in [3.05, 3.63) is 68.5 Å². The first-order valence-electron chi connectivity index (χ1n) is 13.8. The molecule has 2 aliphatic rings. The van der Waals surface area contributed by atoms with Crippen LogP contribution in [0.25, 0.3) is 11.1 Å². The third-order valence-corrected chi connectivity index (χ3v) is 8.40. The van der Waals surface area contributed by atoms with Gasteiger partial charge in [0, 0.05) is 40.5 Å². The number of aromatic nitrogens is 1. The number of carbonyl (C=O) groups is 1. The fraction of sp³-hybridized carbons (Fsp3) is 0.484. The van der Waals surface area contributed by atoms with Crippen LogP contribution in [0.1, 0.15) is 64.0 Å². The number of carbonyl (C=O) groups excluding carboxylic acids is 1. The Labute approximate surface area is 229 Å². The molecule has 5 rings (SSSR count). The number of ether oxygens (including phenoxy) is 2. The van der Waals surface area contributed by atoms with Crippen LogP contribution in [0.5, 0.6) is 11.5 Å². The quantitative estimate of drug-likeness (QED) is 0.459. The summed E-state index contributed by atoms with van der Waals surface area (Å²) in [5.41, 5.74) is 6.23. The Balaban J connectivity index is 1.56. The number of furan rings is 1. The molecule has 0 saturated heterocycles. The van der Waals surface area contributed by atoms with E-state index in [0.29, 0.717) is 41.6 Å². The fourth-order valence-corrected chi connectivity index (χ4v) is 6.25. The molecule has 0 bridgehead atoms. The Hall–Kier alpha value is -3.52. The van der Waals surface area contributed by atoms with Gasteiger partial charge < -0.3 is 28.7 Å². The lowest BCUT2D eigenvalue weighted by Crippen LogP contribution is -2.40. The van der Waals surface area contributed by atoms with Gasteiger partial charge in [-0.25, -0.2) is 0 Å². The van der Waals surface area contributed by atoms with E-state index in [1.807, 2.05) is 32.9 Å². The van der Waals surface area contributed by atoms with Crippen molar-refractivity contribution in [1.29, 1.82) is 0 Å². The number of H-pyrrole nitrogens is 1. The Bertz CT molecular complexity index is 1420. The number of aromatic amines is 1. The molecule has 208 valence electrons. The van der Waals surface area contributed by atoms with Gasteiger partial charge in [0.05, 0.1) is 37.8 Å². The number of nitrogens with zero attached hydrogens (tertiary/aromatic N) is 2. The summed E-state index contributed by atoms with van der Waals surface area (Å²) >= 11 is 0. The van der Waals surface area contributed by atoms with Gasteiger partial charge in [-0.1, -0.05) is 0 Å². The van der Waals surface area contributed by atoms with Crippen molar-refractivity contribution in [1.82, 2.24) is 14.8 Å². The lowest BCUT2D eigenvalue weighted by atomic mass is 9.86.